The molecular weight excluding hydrogens is 396 g/mol. The summed E-state index contributed by atoms with van der Waals surface area (Å²) in [6.07, 6.45) is 2.74. The van der Waals surface area contributed by atoms with Gasteiger partial charge in [0.2, 0.25) is 20.0 Å². The molecule has 1 aliphatic rings. The number of allylic oxidation sites excluding steroid dienone is 1. The van der Waals surface area contributed by atoms with E-state index in [1.54, 1.807) is 0 Å². The van der Waals surface area contributed by atoms with Crippen LogP contribution in [-0.2, 0) is 20.0 Å². The van der Waals surface area contributed by atoms with Crippen LogP contribution >= 0.6 is 0 Å². The molecule has 0 fully saturated rings. The predicted molar refractivity (Wildman–Crippen MR) is 111 cm³/mol. The Bertz CT molecular complexity index is 1080. The molecule has 1 aliphatic heterocycles. The molecule has 150 valence electrons. The second kappa shape index (κ2) is 7.60. The molecule has 0 saturated heterocycles. The molecule has 8 heteroatoms. The van der Waals surface area contributed by atoms with Crippen molar-refractivity contribution in [2.75, 3.05) is 26.1 Å². The molecule has 0 N–H and O–H groups in total. The van der Waals surface area contributed by atoms with E-state index in [-0.39, 0.29) is 18.3 Å². The molecule has 28 heavy (non-hydrogen) atoms. The quantitative estimate of drug-likeness (QED) is 0.745. The second-order valence-corrected chi connectivity index (χ2v) is 10.8. The summed E-state index contributed by atoms with van der Waals surface area (Å²) in [4.78, 5) is 0. The van der Waals surface area contributed by atoms with E-state index in [0.717, 1.165) is 27.9 Å². The average molecular weight is 421 g/mol. The van der Waals surface area contributed by atoms with Crippen LogP contribution in [0.5, 0.6) is 0 Å². The van der Waals surface area contributed by atoms with E-state index in [9.17, 15) is 16.8 Å². The number of benzene rings is 2. The van der Waals surface area contributed by atoms with Gasteiger partial charge in [-0.2, -0.15) is 0 Å². The monoisotopic (exact) mass is 420 g/mol. The van der Waals surface area contributed by atoms with Gasteiger partial charge in [0.25, 0.3) is 0 Å². The summed E-state index contributed by atoms with van der Waals surface area (Å²) in [6.45, 7) is 0.212. The number of hydrogen-bond acceptors (Lipinski definition) is 4. The summed E-state index contributed by atoms with van der Waals surface area (Å²) >= 11 is 0. The Hall–Kier alpha value is -2.32. The van der Waals surface area contributed by atoms with Gasteiger partial charge in [-0.1, -0.05) is 60.7 Å². The van der Waals surface area contributed by atoms with Crippen molar-refractivity contribution in [3.8, 4) is 0 Å². The van der Waals surface area contributed by atoms with Gasteiger partial charge in [0.1, 0.15) is 5.82 Å². The summed E-state index contributed by atoms with van der Waals surface area (Å²) < 4.78 is 52.1. The standard InChI is InChI=1S/C20H24N2O4S2/c1-21(27(2,23)24)20-19(17-12-8-5-9-13-17)18(16-10-6-4-7-11-16)14-15-22(20)28(3,25)26/h4-13,18H,14-15H2,1-3H3. The Morgan fingerprint density at radius 2 is 1.43 bits per heavy atom. The van der Waals surface area contributed by atoms with Crippen LogP contribution in [0.4, 0.5) is 0 Å². The average Bonchev–Trinajstić information content (AvgIpc) is 2.66. The van der Waals surface area contributed by atoms with Crippen molar-refractivity contribution in [1.82, 2.24) is 8.61 Å². The number of nitrogens with zero attached hydrogens (tertiary/aromatic N) is 2. The van der Waals surface area contributed by atoms with Crippen molar-refractivity contribution in [3.05, 3.63) is 77.6 Å². The van der Waals surface area contributed by atoms with E-state index in [1.807, 2.05) is 60.7 Å². The fourth-order valence-corrected chi connectivity index (χ4v) is 5.09. The third-order valence-corrected chi connectivity index (χ3v) is 7.25. The SMILES string of the molecule is CN(C1=C(c2ccccc2)C(c2ccccc2)CCN1S(C)(=O)=O)S(C)(=O)=O. The Kier molecular flexibility index (Phi) is 5.54. The van der Waals surface area contributed by atoms with Gasteiger partial charge >= 0.3 is 0 Å². The predicted octanol–water partition coefficient (Wildman–Crippen LogP) is 2.70. The molecule has 0 saturated carbocycles. The molecule has 1 heterocycles. The Balaban J connectivity index is 2.37. The lowest BCUT2D eigenvalue weighted by atomic mass is 9.82. The number of hydrogen-bond donors (Lipinski definition) is 0. The van der Waals surface area contributed by atoms with Crippen molar-refractivity contribution >= 4 is 25.6 Å². The first-order valence-electron chi connectivity index (χ1n) is 8.87. The van der Waals surface area contributed by atoms with Gasteiger partial charge in [-0.3, -0.25) is 8.61 Å². The first kappa shape index (κ1) is 20.4. The first-order chi connectivity index (χ1) is 13.1. The van der Waals surface area contributed by atoms with Crippen LogP contribution in [0.2, 0.25) is 0 Å². The fourth-order valence-electron chi connectivity index (χ4n) is 3.56. The van der Waals surface area contributed by atoms with Crippen LogP contribution in [-0.4, -0.2) is 51.5 Å². The van der Waals surface area contributed by atoms with Gasteiger partial charge in [0.15, 0.2) is 0 Å². The molecule has 1 unspecified atom stereocenters. The Labute approximate surface area is 167 Å². The van der Waals surface area contributed by atoms with E-state index in [1.165, 1.54) is 11.4 Å². The van der Waals surface area contributed by atoms with Gasteiger partial charge in [-0.25, -0.2) is 16.8 Å². The van der Waals surface area contributed by atoms with Crippen LogP contribution in [0, 0.1) is 0 Å². The highest BCUT2D eigenvalue weighted by atomic mass is 32.2. The van der Waals surface area contributed by atoms with E-state index >= 15 is 0 Å². The van der Waals surface area contributed by atoms with Gasteiger partial charge in [-0.15, -0.1) is 0 Å². The van der Waals surface area contributed by atoms with Gasteiger partial charge < -0.3 is 0 Å². The molecule has 0 radical (unpaired) electrons. The topological polar surface area (TPSA) is 74.8 Å². The van der Waals surface area contributed by atoms with E-state index in [4.69, 9.17) is 0 Å². The minimum atomic E-state index is -3.67. The van der Waals surface area contributed by atoms with Crippen LogP contribution in [0.15, 0.2) is 66.5 Å². The molecule has 2 aromatic rings. The molecule has 6 nitrogen and oxygen atoms in total. The lowest BCUT2D eigenvalue weighted by Gasteiger charge is -2.40. The molecule has 2 aromatic carbocycles. The Morgan fingerprint density at radius 3 is 1.93 bits per heavy atom. The normalized spacial score (nSPS) is 18.2. The largest absolute Gasteiger partial charge is 0.258 e. The van der Waals surface area contributed by atoms with Gasteiger partial charge in [-0.05, 0) is 17.5 Å². The van der Waals surface area contributed by atoms with E-state index < -0.39 is 20.0 Å². The van der Waals surface area contributed by atoms with Gasteiger partial charge in [0.05, 0.1) is 12.5 Å². The summed E-state index contributed by atoms with van der Waals surface area (Å²) in [5, 5.41) is 0. The maximum absolute atomic E-state index is 12.5. The fraction of sp³-hybridized carbons (Fsp3) is 0.300. The highest BCUT2D eigenvalue weighted by molar-refractivity contribution is 7.89. The van der Waals surface area contributed by atoms with Crippen LogP contribution in [0.25, 0.3) is 5.57 Å². The zero-order valence-electron chi connectivity index (χ0n) is 16.1. The van der Waals surface area contributed by atoms with E-state index in [2.05, 4.69) is 0 Å². The highest BCUT2D eigenvalue weighted by Gasteiger charge is 2.37. The van der Waals surface area contributed by atoms with Crippen LogP contribution < -0.4 is 0 Å². The molecule has 0 aromatic heterocycles. The lowest BCUT2D eigenvalue weighted by Crippen LogP contribution is -2.44. The van der Waals surface area contributed by atoms with Gasteiger partial charge in [0, 0.05) is 25.1 Å². The van der Waals surface area contributed by atoms with Crippen LogP contribution in [0.1, 0.15) is 23.5 Å². The summed E-state index contributed by atoms with van der Waals surface area (Å²) in [5.74, 6) is 0.0668. The lowest BCUT2D eigenvalue weighted by molar-refractivity contribution is 0.372. The zero-order valence-corrected chi connectivity index (χ0v) is 17.7. The molecule has 0 amide bonds. The smallest absolute Gasteiger partial charge is 0.233 e. The zero-order chi connectivity index (χ0) is 20.5. The number of sulfonamides is 2. The second-order valence-electron chi connectivity index (χ2n) is 6.92. The maximum atomic E-state index is 12.5. The third kappa shape index (κ3) is 4.07. The molecular formula is C20H24N2O4S2. The minimum absolute atomic E-state index is 0.124. The molecule has 1 atom stereocenters. The summed E-state index contributed by atoms with van der Waals surface area (Å²) in [6, 6.07) is 19.1. The first-order valence-corrected chi connectivity index (χ1v) is 12.6. The van der Waals surface area contributed by atoms with Crippen molar-refractivity contribution in [3.63, 3.8) is 0 Å². The van der Waals surface area contributed by atoms with E-state index in [0.29, 0.717) is 12.0 Å². The third-order valence-electron chi connectivity index (χ3n) is 4.93. The highest BCUT2D eigenvalue weighted by Crippen LogP contribution is 2.43. The van der Waals surface area contributed by atoms with Crippen molar-refractivity contribution in [1.29, 1.82) is 0 Å². The van der Waals surface area contributed by atoms with Crippen molar-refractivity contribution in [2.24, 2.45) is 0 Å². The molecule has 3 rings (SSSR count). The summed E-state index contributed by atoms with van der Waals surface area (Å²) in [7, 11) is -5.93. The Morgan fingerprint density at radius 1 is 0.893 bits per heavy atom. The van der Waals surface area contributed by atoms with Crippen molar-refractivity contribution in [2.45, 2.75) is 12.3 Å². The minimum Gasteiger partial charge on any atom is -0.258 e. The van der Waals surface area contributed by atoms with Crippen LogP contribution in [0.3, 0.4) is 0 Å². The maximum Gasteiger partial charge on any atom is 0.233 e. The molecule has 0 aliphatic carbocycles. The summed E-state index contributed by atoms with van der Waals surface area (Å²) in [5.41, 5.74) is 2.51. The van der Waals surface area contributed by atoms with Crippen molar-refractivity contribution < 1.29 is 16.8 Å². The molecule has 0 bridgehead atoms. The number of rotatable bonds is 5. The molecule has 0 spiro atoms.